The molecule has 10 amide bonds. The van der Waals surface area contributed by atoms with Crippen molar-refractivity contribution >= 4 is 65.1 Å². The molecule has 352 valence electrons. The highest BCUT2D eigenvalue weighted by molar-refractivity contribution is 8.00. The number of thioether (sulfide) groups is 1. The predicted molar refractivity (Wildman–Crippen MR) is 232 cm³/mol. The van der Waals surface area contributed by atoms with Crippen molar-refractivity contribution in [3.8, 4) is 0 Å². The first kappa shape index (κ1) is 53.4. The molecule has 0 spiro atoms. The van der Waals surface area contributed by atoms with Gasteiger partial charge in [0.15, 0.2) is 0 Å². The second-order valence-electron chi connectivity index (χ2n) is 16.5. The third kappa shape index (κ3) is 20.0. The van der Waals surface area contributed by atoms with E-state index in [-0.39, 0.29) is 55.1 Å². The van der Waals surface area contributed by atoms with Gasteiger partial charge in [-0.15, -0.1) is 0 Å². The molecule has 2 aliphatic rings. The quantitative estimate of drug-likeness (QED) is 0.0171. The minimum Gasteiger partial charge on any atom is -0.368 e. The maximum Gasteiger partial charge on any atom is 0.315 e. The molecule has 22 heteroatoms. The van der Waals surface area contributed by atoms with Crippen molar-refractivity contribution in [2.45, 2.75) is 147 Å². The zero-order valence-electron chi connectivity index (χ0n) is 36.6. The van der Waals surface area contributed by atoms with Crippen LogP contribution in [0.4, 0.5) is 4.79 Å². The van der Waals surface area contributed by atoms with Gasteiger partial charge in [-0.05, 0) is 76.2 Å². The van der Waals surface area contributed by atoms with Crippen LogP contribution in [0, 0.1) is 17.8 Å². The van der Waals surface area contributed by atoms with Crippen LogP contribution in [0.15, 0.2) is 0 Å². The number of fused-ring (bicyclic) bond motifs is 1. The molecular formula is C40H71N11O10S. The molecule has 2 aliphatic heterocycles. The monoisotopic (exact) mass is 898 g/mol. The molecule has 2 saturated heterocycles. The number of hydrogen-bond acceptors (Lipinski definition) is 12. The lowest BCUT2D eigenvalue weighted by Crippen LogP contribution is -2.57. The molecule has 0 bridgehead atoms. The van der Waals surface area contributed by atoms with E-state index >= 15 is 0 Å². The number of primary amides is 1. The summed E-state index contributed by atoms with van der Waals surface area (Å²) in [5.41, 5.74) is 12.7. The highest BCUT2D eigenvalue weighted by atomic mass is 32.2. The SMILES string of the molecule is CC[C@H](C)[C@H](NC(=O)[C@H](CCCCN)NC(=O)C(CC(=O)NO)CC(C)C)C(=O)NCC(=O)NCC(=O)N[C@@H](CCCCNC(=O)CCCC[C@@H]1SC[C@@H]2NC(=O)N[C@@H]21)C(N)=O. The van der Waals surface area contributed by atoms with E-state index in [0.29, 0.717) is 63.3 Å². The van der Waals surface area contributed by atoms with Crippen molar-refractivity contribution in [1.29, 1.82) is 0 Å². The minimum absolute atomic E-state index is 0.0302. The van der Waals surface area contributed by atoms with Crippen molar-refractivity contribution in [2.75, 3.05) is 31.9 Å². The first-order valence-corrected chi connectivity index (χ1v) is 22.9. The van der Waals surface area contributed by atoms with Gasteiger partial charge in [0.1, 0.15) is 18.1 Å². The zero-order chi connectivity index (χ0) is 46.2. The van der Waals surface area contributed by atoms with E-state index in [1.807, 2.05) is 32.5 Å². The molecule has 0 aromatic heterocycles. The Labute approximate surface area is 368 Å². The second kappa shape index (κ2) is 28.8. The summed E-state index contributed by atoms with van der Waals surface area (Å²) in [5.74, 6) is -5.13. The fraction of sp³-hybridized carbons (Fsp3) is 0.775. The van der Waals surface area contributed by atoms with Crippen LogP contribution in [-0.4, -0.2) is 126 Å². The first-order valence-electron chi connectivity index (χ1n) is 21.8. The van der Waals surface area contributed by atoms with Crippen LogP contribution in [0.25, 0.3) is 0 Å². The Morgan fingerprint density at radius 3 is 2.13 bits per heavy atom. The number of nitrogens with two attached hydrogens (primary N) is 2. The molecule has 0 aliphatic carbocycles. The molecule has 0 saturated carbocycles. The second-order valence-corrected chi connectivity index (χ2v) is 17.8. The number of urea groups is 1. The number of hydrogen-bond donors (Lipinski definition) is 12. The molecule has 8 atom stereocenters. The zero-order valence-corrected chi connectivity index (χ0v) is 37.4. The topological polar surface area (TPSA) is 334 Å². The fourth-order valence-corrected chi connectivity index (χ4v) is 8.79. The number of carbonyl (C=O) groups is 9. The highest BCUT2D eigenvalue weighted by Gasteiger charge is 2.42. The summed E-state index contributed by atoms with van der Waals surface area (Å²) >= 11 is 1.84. The Hall–Kier alpha value is -4.70. The van der Waals surface area contributed by atoms with E-state index in [2.05, 4.69) is 42.5 Å². The molecule has 0 aromatic rings. The third-order valence-corrected chi connectivity index (χ3v) is 12.4. The van der Waals surface area contributed by atoms with Crippen molar-refractivity contribution in [3.63, 3.8) is 0 Å². The van der Waals surface area contributed by atoms with Crippen LogP contribution < -0.4 is 59.5 Å². The lowest BCUT2D eigenvalue weighted by atomic mass is 9.92. The maximum atomic E-state index is 13.6. The van der Waals surface area contributed by atoms with E-state index in [0.717, 1.165) is 25.0 Å². The van der Waals surface area contributed by atoms with Crippen LogP contribution in [0.1, 0.15) is 111 Å². The lowest BCUT2D eigenvalue weighted by molar-refractivity contribution is -0.137. The van der Waals surface area contributed by atoms with Gasteiger partial charge >= 0.3 is 6.03 Å². The average molecular weight is 898 g/mol. The molecule has 2 fully saturated rings. The predicted octanol–water partition coefficient (Wildman–Crippen LogP) is -1.10. The van der Waals surface area contributed by atoms with Crippen molar-refractivity contribution in [1.82, 2.24) is 48.0 Å². The number of nitrogens with one attached hydrogen (secondary N) is 9. The Morgan fingerprint density at radius 2 is 1.47 bits per heavy atom. The minimum atomic E-state index is -1.09. The molecule has 14 N–H and O–H groups in total. The molecule has 1 unspecified atom stereocenters. The van der Waals surface area contributed by atoms with Gasteiger partial charge in [-0.3, -0.25) is 43.6 Å². The summed E-state index contributed by atoms with van der Waals surface area (Å²) in [7, 11) is 0. The summed E-state index contributed by atoms with van der Waals surface area (Å²) in [6.07, 6.45) is 5.90. The van der Waals surface area contributed by atoms with Crippen LogP contribution in [0.5, 0.6) is 0 Å². The largest absolute Gasteiger partial charge is 0.368 e. The number of unbranched alkanes of at least 4 members (excludes halogenated alkanes) is 3. The van der Waals surface area contributed by atoms with Gasteiger partial charge in [0, 0.05) is 36.3 Å². The Bertz CT molecular complexity index is 1520. The van der Waals surface area contributed by atoms with Crippen molar-refractivity contribution < 1.29 is 48.4 Å². The van der Waals surface area contributed by atoms with Crippen LogP contribution in [-0.2, 0) is 38.4 Å². The van der Waals surface area contributed by atoms with Gasteiger partial charge in [-0.2, -0.15) is 11.8 Å². The van der Waals surface area contributed by atoms with E-state index in [9.17, 15) is 43.2 Å². The van der Waals surface area contributed by atoms with Gasteiger partial charge in [-0.1, -0.05) is 40.5 Å². The van der Waals surface area contributed by atoms with Gasteiger partial charge < -0.3 is 54.0 Å². The summed E-state index contributed by atoms with van der Waals surface area (Å²) in [6.45, 7) is 7.00. The molecule has 0 radical (unpaired) electrons. The summed E-state index contributed by atoms with van der Waals surface area (Å²) < 4.78 is 0. The smallest absolute Gasteiger partial charge is 0.315 e. The molecule has 21 nitrogen and oxygen atoms in total. The number of amides is 10. The summed E-state index contributed by atoms with van der Waals surface area (Å²) in [4.78, 5) is 113. The summed E-state index contributed by atoms with van der Waals surface area (Å²) in [5, 5.41) is 30.9. The van der Waals surface area contributed by atoms with Gasteiger partial charge in [0.05, 0.1) is 25.2 Å². The fourth-order valence-electron chi connectivity index (χ4n) is 7.24. The Kier molecular flexibility index (Phi) is 24.8. The van der Waals surface area contributed by atoms with Crippen LogP contribution in [0.2, 0.25) is 0 Å². The van der Waals surface area contributed by atoms with E-state index in [1.165, 1.54) is 5.48 Å². The van der Waals surface area contributed by atoms with Crippen molar-refractivity contribution in [2.24, 2.45) is 29.2 Å². The standard InChI is InChI=1S/C40H71N11O10S/c1-5-24(4)34(49-38(58)27(13-8-10-16-41)47-37(57)25(18-23(2)3)19-31(53)51-61)39(59)45-20-32(54)44-21-33(55)46-26(36(42)56)12-9-11-17-43-30(52)15-7-6-14-29-35-28(22-62-29)48-40(60)50-35/h23-29,34-35,61H,5-22,41H2,1-4H3,(H2,42,56)(H,43,52)(H,44,54)(H,45,59)(H,46,55)(H,47,57)(H,49,58)(H,51,53)(H2,48,50,60)/t24-,25?,26-,27-,28-,29-,34-,35-/m0/s1. The van der Waals surface area contributed by atoms with E-state index < -0.39 is 78.5 Å². The number of hydroxylamine groups is 1. The molecule has 2 rings (SSSR count). The van der Waals surface area contributed by atoms with Gasteiger partial charge in [0.2, 0.25) is 47.3 Å². The van der Waals surface area contributed by atoms with E-state index in [1.54, 1.807) is 6.92 Å². The normalized spacial score (nSPS) is 19.0. The first-order chi connectivity index (χ1) is 29.5. The Balaban J connectivity index is 1.77. The molecule has 62 heavy (non-hydrogen) atoms. The Morgan fingerprint density at radius 1 is 0.774 bits per heavy atom. The number of rotatable bonds is 31. The van der Waals surface area contributed by atoms with Crippen LogP contribution in [0.3, 0.4) is 0 Å². The molecular weight excluding hydrogens is 827 g/mol. The van der Waals surface area contributed by atoms with E-state index in [4.69, 9.17) is 16.7 Å². The lowest BCUT2D eigenvalue weighted by Gasteiger charge is -2.27. The highest BCUT2D eigenvalue weighted by Crippen LogP contribution is 2.33. The summed E-state index contributed by atoms with van der Waals surface area (Å²) in [6, 6.07) is -2.97. The third-order valence-electron chi connectivity index (χ3n) is 10.9. The maximum absolute atomic E-state index is 13.6. The molecule has 2 heterocycles. The van der Waals surface area contributed by atoms with Gasteiger partial charge in [-0.25, -0.2) is 10.3 Å². The molecule has 0 aromatic carbocycles. The van der Waals surface area contributed by atoms with Gasteiger partial charge in [0.25, 0.3) is 0 Å². The van der Waals surface area contributed by atoms with Crippen LogP contribution >= 0.6 is 11.8 Å². The van der Waals surface area contributed by atoms with Crippen molar-refractivity contribution in [3.05, 3.63) is 0 Å². The average Bonchev–Trinajstić information content (AvgIpc) is 3.79. The number of carbonyl (C=O) groups excluding carboxylic acids is 9.